The zero-order valence-corrected chi connectivity index (χ0v) is 19.1. The number of aromatic nitrogens is 3. The maximum atomic E-state index is 13.4. The number of rotatable bonds is 8. The number of nitrogens with zero attached hydrogens (tertiary/aromatic N) is 4. The van der Waals surface area contributed by atoms with Gasteiger partial charge in [0.15, 0.2) is 0 Å². The standard InChI is InChI=1S/C23H30N6O4/c1-16-4-5-19-26-21-18(23(31)29(19)15-16)14-17(22(30)25-6-3-11-32-2)20(24)28(21)8-7-27-9-12-33-13-10-27/h4-5,14-15,24H,3,6-13H2,1-2H3,(H,25,30). The highest BCUT2D eigenvalue weighted by Crippen LogP contribution is 2.12. The molecule has 4 rings (SSSR count). The average molecular weight is 455 g/mol. The van der Waals surface area contributed by atoms with E-state index >= 15 is 0 Å². The predicted octanol–water partition coefficient (Wildman–Crippen LogP) is 0.536. The smallest absolute Gasteiger partial charge is 0.267 e. The van der Waals surface area contributed by atoms with Crippen LogP contribution in [0.4, 0.5) is 0 Å². The van der Waals surface area contributed by atoms with Crippen LogP contribution in [0.5, 0.6) is 0 Å². The molecular weight excluding hydrogens is 424 g/mol. The summed E-state index contributed by atoms with van der Waals surface area (Å²) in [6, 6.07) is 5.19. The summed E-state index contributed by atoms with van der Waals surface area (Å²) in [5.74, 6) is -0.383. The lowest BCUT2D eigenvalue weighted by atomic mass is 10.2. The Labute approximate surface area is 191 Å². The molecule has 3 aromatic heterocycles. The second-order valence-electron chi connectivity index (χ2n) is 8.20. The molecule has 0 aliphatic carbocycles. The van der Waals surface area contributed by atoms with E-state index in [4.69, 9.17) is 19.9 Å². The van der Waals surface area contributed by atoms with E-state index in [0.717, 1.165) is 18.7 Å². The topological polar surface area (TPSA) is 114 Å². The van der Waals surface area contributed by atoms with Crippen molar-refractivity contribution in [3.63, 3.8) is 0 Å². The fourth-order valence-electron chi connectivity index (χ4n) is 4.01. The first kappa shape index (κ1) is 23.1. The second kappa shape index (κ2) is 10.2. The summed E-state index contributed by atoms with van der Waals surface area (Å²) in [4.78, 5) is 33.2. The van der Waals surface area contributed by atoms with Gasteiger partial charge in [-0.05, 0) is 31.0 Å². The van der Waals surface area contributed by atoms with Gasteiger partial charge < -0.3 is 19.4 Å². The molecule has 0 atom stereocenters. The zero-order chi connectivity index (χ0) is 23.4. The van der Waals surface area contributed by atoms with E-state index in [1.807, 2.05) is 13.0 Å². The van der Waals surface area contributed by atoms with Crippen LogP contribution in [0.25, 0.3) is 16.7 Å². The number of amides is 1. The Morgan fingerprint density at radius 1 is 1.27 bits per heavy atom. The first-order chi connectivity index (χ1) is 16.0. The van der Waals surface area contributed by atoms with Crippen molar-refractivity contribution in [3.8, 4) is 0 Å². The third kappa shape index (κ3) is 4.97. The van der Waals surface area contributed by atoms with Crippen molar-refractivity contribution in [2.24, 2.45) is 0 Å². The summed E-state index contributed by atoms with van der Waals surface area (Å²) in [7, 11) is 1.61. The van der Waals surface area contributed by atoms with E-state index in [1.54, 1.807) is 23.9 Å². The predicted molar refractivity (Wildman–Crippen MR) is 124 cm³/mol. The first-order valence-electron chi connectivity index (χ1n) is 11.2. The molecule has 1 fully saturated rings. The third-order valence-electron chi connectivity index (χ3n) is 5.85. The summed E-state index contributed by atoms with van der Waals surface area (Å²) in [5.41, 5.74) is 1.80. The lowest BCUT2D eigenvalue weighted by Gasteiger charge is -2.27. The first-order valence-corrected chi connectivity index (χ1v) is 11.2. The molecule has 0 bridgehead atoms. The van der Waals surface area contributed by atoms with E-state index in [-0.39, 0.29) is 22.5 Å². The van der Waals surface area contributed by atoms with Gasteiger partial charge in [0.25, 0.3) is 11.5 Å². The highest BCUT2D eigenvalue weighted by molar-refractivity contribution is 5.96. The van der Waals surface area contributed by atoms with E-state index in [2.05, 4.69) is 10.2 Å². The minimum Gasteiger partial charge on any atom is -0.385 e. The molecular formula is C23H30N6O4. The van der Waals surface area contributed by atoms with Crippen LogP contribution in [0.1, 0.15) is 22.3 Å². The summed E-state index contributed by atoms with van der Waals surface area (Å²) >= 11 is 0. The largest absolute Gasteiger partial charge is 0.385 e. The molecule has 1 aliphatic heterocycles. The lowest BCUT2D eigenvalue weighted by Crippen LogP contribution is -2.41. The molecule has 0 spiro atoms. The number of ether oxygens (including phenoxy) is 2. The lowest BCUT2D eigenvalue weighted by molar-refractivity contribution is 0.0363. The van der Waals surface area contributed by atoms with Crippen LogP contribution in [0.2, 0.25) is 0 Å². The molecule has 0 radical (unpaired) electrons. The summed E-state index contributed by atoms with van der Waals surface area (Å²) in [6.07, 6.45) is 2.40. The van der Waals surface area contributed by atoms with Crippen LogP contribution < -0.4 is 16.4 Å². The maximum absolute atomic E-state index is 13.4. The molecule has 33 heavy (non-hydrogen) atoms. The Kier molecular flexibility index (Phi) is 7.17. The molecule has 1 aliphatic rings. The Morgan fingerprint density at radius 3 is 2.82 bits per heavy atom. The summed E-state index contributed by atoms with van der Waals surface area (Å²) in [5, 5.41) is 11.9. The fraction of sp³-hybridized carbons (Fsp3) is 0.478. The van der Waals surface area contributed by atoms with Crippen molar-refractivity contribution in [1.82, 2.24) is 24.2 Å². The van der Waals surface area contributed by atoms with Gasteiger partial charge in [-0.25, -0.2) is 4.98 Å². The Hall–Kier alpha value is -3.08. The second-order valence-corrected chi connectivity index (χ2v) is 8.20. The number of hydrogen-bond acceptors (Lipinski definition) is 7. The van der Waals surface area contributed by atoms with Crippen molar-refractivity contribution < 1.29 is 14.3 Å². The molecule has 2 N–H and O–H groups in total. The maximum Gasteiger partial charge on any atom is 0.267 e. The molecule has 1 amide bonds. The monoisotopic (exact) mass is 454 g/mol. The quantitative estimate of drug-likeness (QED) is 0.379. The number of hydrogen-bond donors (Lipinski definition) is 2. The fourth-order valence-corrected chi connectivity index (χ4v) is 4.01. The Balaban J connectivity index is 1.80. The van der Waals surface area contributed by atoms with Gasteiger partial charge in [0.2, 0.25) is 0 Å². The number of fused-ring (bicyclic) bond motifs is 2. The van der Waals surface area contributed by atoms with Crippen LogP contribution in [-0.4, -0.2) is 77.9 Å². The van der Waals surface area contributed by atoms with Crippen LogP contribution in [-0.2, 0) is 16.0 Å². The number of aryl methyl sites for hydroxylation is 1. The van der Waals surface area contributed by atoms with Gasteiger partial charge in [0.05, 0.1) is 24.2 Å². The van der Waals surface area contributed by atoms with Gasteiger partial charge in [-0.15, -0.1) is 0 Å². The van der Waals surface area contributed by atoms with Gasteiger partial charge in [-0.3, -0.25) is 24.3 Å². The molecule has 3 aromatic rings. The molecule has 0 aromatic carbocycles. The molecule has 0 saturated carbocycles. The van der Waals surface area contributed by atoms with E-state index < -0.39 is 0 Å². The number of morpholine rings is 1. The van der Waals surface area contributed by atoms with Gasteiger partial charge in [0, 0.05) is 52.6 Å². The minimum absolute atomic E-state index is 0.0448. The highest BCUT2D eigenvalue weighted by Gasteiger charge is 2.18. The van der Waals surface area contributed by atoms with Gasteiger partial charge in [-0.2, -0.15) is 0 Å². The average Bonchev–Trinajstić information content (AvgIpc) is 2.82. The molecule has 1 saturated heterocycles. The Morgan fingerprint density at radius 2 is 2.06 bits per heavy atom. The Bertz CT molecular complexity index is 1280. The number of pyridine rings is 2. The van der Waals surface area contributed by atoms with Crippen molar-refractivity contribution in [3.05, 3.63) is 51.4 Å². The SMILES string of the molecule is COCCCNC(=O)c1cc2c(=O)n3cc(C)ccc3nc2n(CCN2CCOCC2)c1=N. The van der Waals surface area contributed by atoms with Crippen molar-refractivity contribution in [2.75, 3.05) is 53.1 Å². The van der Waals surface area contributed by atoms with Crippen molar-refractivity contribution in [1.29, 1.82) is 5.41 Å². The summed E-state index contributed by atoms with van der Waals surface area (Å²) in [6.45, 7) is 6.93. The van der Waals surface area contributed by atoms with E-state index in [9.17, 15) is 9.59 Å². The molecule has 10 heteroatoms. The number of carbonyl (C=O) groups excluding carboxylic acids is 1. The summed E-state index contributed by atoms with van der Waals surface area (Å²) < 4.78 is 13.6. The molecule has 0 unspecified atom stereocenters. The van der Waals surface area contributed by atoms with Crippen LogP contribution >= 0.6 is 0 Å². The minimum atomic E-state index is -0.383. The number of nitrogens with one attached hydrogen (secondary N) is 2. The number of carbonyl (C=O) groups is 1. The molecule has 4 heterocycles. The zero-order valence-electron chi connectivity index (χ0n) is 19.1. The normalized spacial score (nSPS) is 14.7. The van der Waals surface area contributed by atoms with Crippen molar-refractivity contribution in [2.45, 2.75) is 19.9 Å². The van der Waals surface area contributed by atoms with E-state index in [1.165, 1.54) is 10.5 Å². The van der Waals surface area contributed by atoms with Crippen molar-refractivity contribution >= 4 is 22.6 Å². The van der Waals surface area contributed by atoms with Gasteiger partial charge >= 0.3 is 0 Å². The number of methoxy groups -OCH3 is 1. The van der Waals surface area contributed by atoms with Crippen LogP contribution in [0.15, 0.2) is 29.2 Å². The molecule has 10 nitrogen and oxygen atoms in total. The third-order valence-corrected chi connectivity index (χ3v) is 5.85. The van der Waals surface area contributed by atoms with Crippen LogP contribution in [0.3, 0.4) is 0 Å². The molecule has 176 valence electrons. The van der Waals surface area contributed by atoms with E-state index in [0.29, 0.717) is 62.6 Å². The van der Waals surface area contributed by atoms with Gasteiger partial charge in [0.1, 0.15) is 16.8 Å². The van der Waals surface area contributed by atoms with Gasteiger partial charge in [-0.1, -0.05) is 6.07 Å². The van der Waals surface area contributed by atoms with Crippen LogP contribution in [0, 0.1) is 12.3 Å². The highest BCUT2D eigenvalue weighted by atomic mass is 16.5.